The fourth-order valence-electron chi connectivity index (χ4n) is 2.91. The standard InChI is InChI=1S/C15H28N2O4/c1-15(2,11-14(20)21)10-13(19)17(8-9-18)12-4-6-16(3)7-5-12/h12,18H,4-11H2,1-3H3,(H,20,21). The molecule has 0 bridgehead atoms. The van der Waals surface area contributed by atoms with Crippen LogP contribution in [0.4, 0.5) is 0 Å². The van der Waals surface area contributed by atoms with Crippen molar-refractivity contribution in [2.24, 2.45) is 5.41 Å². The zero-order valence-electron chi connectivity index (χ0n) is 13.3. The highest BCUT2D eigenvalue weighted by Gasteiger charge is 2.31. The van der Waals surface area contributed by atoms with E-state index in [2.05, 4.69) is 11.9 Å². The number of hydrogen-bond acceptors (Lipinski definition) is 4. The van der Waals surface area contributed by atoms with Crippen LogP contribution in [0.25, 0.3) is 0 Å². The molecule has 1 amide bonds. The van der Waals surface area contributed by atoms with Gasteiger partial charge in [0, 0.05) is 19.0 Å². The van der Waals surface area contributed by atoms with Gasteiger partial charge in [-0.25, -0.2) is 0 Å². The molecule has 0 aromatic heterocycles. The fraction of sp³-hybridized carbons (Fsp3) is 0.867. The van der Waals surface area contributed by atoms with Gasteiger partial charge in [0.05, 0.1) is 13.0 Å². The molecule has 6 heteroatoms. The van der Waals surface area contributed by atoms with Gasteiger partial charge in [0.25, 0.3) is 0 Å². The predicted molar refractivity (Wildman–Crippen MR) is 80.0 cm³/mol. The second kappa shape index (κ2) is 7.75. The first-order chi connectivity index (χ1) is 9.75. The van der Waals surface area contributed by atoms with Crippen molar-refractivity contribution >= 4 is 11.9 Å². The summed E-state index contributed by atoms with van der Waals surface area (Å²) < 4.78 is 0. The summed E-state index contributed by atoms with van der Waals surface area (Å²) in [6.45, 7) is 5.75. The Morgan fingerprint density at radius 1 is 1.24 bits per heavy atom. The smallest absolute Gasteiger partial charge is 0.303 e. The van der Waals surface area contributed by atoms with Crippen LogP contribution in [0.2, 0.25) is 0 Å². The molecule has 0 aromatic carbocycles. The number of piperidine rings is 1. The summed E-state index contributed by atoms with van der Waals surface area (Å²) >= 11 is 0. The lowest BCUT2D eigenvalue weighted by atomic mass is 9.85. The van der Waals surface area contributed by atoms with Gasteiger partial charge in [-0.15, -0.1) is 0 Å². The largest absolute Gasteiger partial charge is 0.481 e. The molecule has 0 aromatic rings. The van der Waals surface area contributed by atoms with E-state index >= 15 is 0 Å². The van der Waals surface area contributed by atoms with E-state index < -0.39 is 11.4 Å². The van der Waals surface area contributed by atoms with Gasteiger partial charge in [0.2, 0.25) is 5.91 Å². The number of hydrogen-bond donors (Lipinski definition) is 2. The first-order valence-corrected chi connectivity index (χ1v) is 7.56. The molecule has 0 spiro atoms. The third kappa shape index (κ3) is 6.01. The van der Waals surface area contributed by atoms with Crippen molar-refractivity contribution in [1.29, 1.82) is 0 Å². The Hall–Kier alpha value is -1.14. The van der Waals surface area contributed by atoms with Crippen LogP contribution in [0, 0.1) is 5.41 Å². The minimum atomic E-state index is -0.888. The number of aliphatic hydroxyl groups is 1. The van der Waals surface area contributed by atoms with E-state index in [1.54, 1.807) is 18.7 Å². The number of carboxylic acid groups (broad SMARTS) is 1. The van der Waals surface area contributed by atoms with Gasteiger partial charge in [-0.1, -0.05) is 13.8 Å². The first-order valence-electron chi connectivity index (χ1n) is 7.56. The van der Waals surface area contributed by atoms with Crippen molar-refractivity contribution in [3.8, 4) is 0 Å². The molecule has 6 nitrogen and oxygen atoms in total. The van der Waals surface area contributed by atoms with E-state index in [1.165, 1.54) is 0 Å². The van der Waals surface area contributed by atoms with Crippen molar-refractivity contribution in [3.63, 3.8) is 0 Å². The lowest BCUT2D eigenvalue weighted by molar-refractivity contribution is -0.141. The zero-order valence-corrected chi connectivity index (χ0v) is 13.3. The summed E-state index contributed by atoms with van der Waals surface area (Å²) in [7, 11) is 2.06. The Balaban J connectivity index is 2.66. The molecule has 1 rings (SSSR count). The Morgan fingerprint density at radius 2 is 1.81 bits per heavy atom. The molecule has 0 radical (unpaired) electrons. The van der Waals surface area contributed by atoms with Crippen LogP contribution >= 0.6 is 0 Å². The van der Waals surface area contributed by atoms with Gasteiger partial charge in [-0.2, -0.15) is 0 Å². The molecule has 0 aliphatic carbocycles. The monoisotopic (exact) mass is 300 g/mol. The number of carboxylic acids is 1. The van der Waals surface area contributed by atoms with Gasteiger partial charge in [0.15, 0.2) is 0 Å². The van der Waals surface area contributed by atoms with Crippen molar-refractivity contribution in [1.82, 2.24) is 9.80 Å². The van der Waals surface area contributed by atoms with Crippen molar-refractivity contribution in [2.45, 2.75) is 45.6 Å². The van der Waals surface area contributed by atoms with Crippen molar-refractivity contribution in [3.05, 3.63) is 0 Å². The fourth-order valence-corrected chi connectivity index (χ4v) is 2.91. The summed E-state index contributed by atoms with van der Waals surface area (Å²) in [6, 6.07) is 0.154. The number of likely N-dealkylation sites (tertiary alicyclic amines) is 1. The van der Waals surface area contributed by atoms with E-state index in [1.807, 2.05) is 0 Å². The Morgan fingerprint density at radius 3 is 2.29 bits per heavy atom. The van der Waals surface area contributed by atoms with Gasteiger partial charge in [-0.05, 0) is 38.4 Å². The summed E-state index contributed by atoms with van der Waals surface area (Å²) in [6.07, 6.45) is 1.98. The Bertz CT molecular complexity index is 363. The molecule has 122 valence electrons. The summed E-state index contributed by atoms with van der Waals surface area (Å²) in [4.78, 5) is 27.4. The van der Waals surface area contributed by atoms with E-state index in [0.29, 0.717) is 6.54 Å². The summed E-state index contributed by atoms with van der Waals surface area (Å²) in [5, 5.41) is 18.1. The number of carbonyl (C=O) groups is 2. The number of carbonyl (C=O) groups excluding carboxylic acids is 1. The van der Waals surface area contributed by atoms with E-state index in [9.17, 15) is 14.7 Å². The lowest BCUT2D eigenvalue weighted by Crippen LogP contribution is -2.48. The SMILES string of the molecule is CN1CCC(N(CCO)C(=O)CC(C)(C)CC(=O)O)CC1. The van der Waals surface area contributed by atoms with Crippen LogP contribution in [0.3, 0.4) is 0 Å². The highest BCUT2D eigenvalue weighted by Crippen LogP contribution is 2.27. The minimum Gasteiger partial charge on any atom is -0.481 e. The Kier molecular flexibility index (Phi) is 6.61. The van der Waals surface area contributed by atoms with E-state index in [-0.39, 0.29) is 31.4 Å². The van der Waals surface area contributed by atoms with Crippen LogP contribution in [-0.2, 0) is 9.59 Å². The van der Waals surface area contributed by atoms with E-state index in [4.69, 9.17) is 5.11 Å². The molecule has 0 saturated carbocycles. The quantitative estimate of drug-likeness (QED) is 0.726. The van der Waals surface area contributed by atoms with Gasteiger partial charge in [0.1, 0.15) is 0 Å². The summed E-state index contributed by atoms with van der Waals surface area (Å²) in [5.41, 5.74) is -0.567. The van der Waals surface area contributed by atoms with Gasteiger partial charge in [-0.3, -0.25) is 9.59 Å². The maximum absolute atomic E-state index is 12.5. The van der Waals surface area contributed by atoms with Crippen molar-refractivity contribution < 1.29 is 19.8 Å². The topological polar surface area (TPSA) is 81.1 Å². The molecular formula is C15H28N2O4. The molecule has 1 fully saturated rings. The van der Waals surface area contributed by atoms with Gasteiger partial charge < -0.3 is 20.0 Å². The Labute approximate surface area is 126 Å². The molecular weight excluding hydrogens is 272 g/mol. The molecule has 21 heavy (non-hydrogen) atoms. The number of rotatable bonds is 7. The minimum absolute atomic E-state index is 0.0287. The van der Waals surface area contributed by atoms with Crippen LogP contribution in [-0.4, -0.2) is 71.2 Å². The predicted octanol–water partition coefficient (Wildman–Crippen LogP) is 0.793. The highest BCUT2D eigenvalue weighted by atomic mass is 16.4. The molecule has 1 heterocycles. The summed E-state index contributed by atoms with van der Waals surface area (Å²) in [5.74, 6) is -0.939. The van der Waals surface area contributed by atoms with E-state index in [0.717, 1.165) is 25.9 Å². The lowest BCUT2D eigenvalue weighted by Gasteiger charge is -2.38. The molecule has 2 N–H and O–H groups in total. The second-order valence-corrected chi connectivity index (χ2v) is 6.76. The molecule has 0 unspecified atom stereocenters. The van der Waals surface area contributed by atoms with Crippen LogP contribution in [0.15, 0.2) is 0 Å². The normalized spacial score (nSPS) is 17.7. The average Bonchev–Trinajstić information content (AvgIpc) is 2.34. The number of aliphatic hydroxyl groups excluding tert-OH is 1. The molecule has 1 saturated heterocycles. The maximum Gasteiger partial charge on any atom is 0.303 e. The average molecular weight is 300 g/mol. The second-order valence-electron chi connectivity index (χ2n) is 6.76. The van der Waals surface area contributed by atoms with Crippen molar-refractivity contribution in [2.75, 3.05) is 33.3 Å². The third-order valence-corrected chi connectivity index (χ3v) is 4.05. The first kappa shape index (κ1) is 17.9. The third-order valence-electron chi connectivity index (χ3n) is 4.05. The maximum atomic E-state index is 12.5. The van der Waals surface area contributed by atoms with Gasteiger partial charge >= 0.3 is 5.97 Å². The van der Waals surface area contributed by atoms with Crippen LogP contribution in [0.5, 0.6) is 0 Å². The molecule has 1 aliphatic rings. The van der Waals surface area contributed by atoms with Crippen LogP contribution < -0.4 is 0 Å². The number of amides is 1. The number of aliphatic carboxylic acids is 1. The molecule has 0 atom stereocenters. The highest BCUT2D eigenvalue weighted by molar-refractivity contribution is 5.78. The molecule has 1 aliphatic heterocycles. The zero-order chi connectivity index (χ0) is 16.0. The number of nitrogens with zero attached hydrogens (tertiary/aromatic N) is 2. The van der Waals surface area contributed by atoms with Crippen LogP contribution in [0.1, 0.15) is 39.5 Å².